The second-order valence-corrected chi connectivity index (χ2v) is 10.9. The van der Waals surface area contributed by atoms with Crippen molar-refractivity contribution in [1.29, 1.82) is 0 Å². The Bertz CT molecular complexity index is 1340. The molecule has 4 rings (SSSR count). The quantitative estimate of drug-likeness (QED) is 0.381. The van der Waals surface area contributed by atoms with Crippen molar-refractivity contribution in [2.75, 3.05) is 12.0 Å². The van der Waals surface area contributed by atoms with E-state index in [4.69, 9.17) is 9.15 Å². The highest BCUT2D eigenvalue weighted by molar-refractivity contribution is 7.92. The van der Waals surface area contributed by atoms with Crippen LogP contribution < -0.4 is 9.64 Å². The number of anilines is 1. The molecule has 0 aliphatic heterocycles. The molecule has 0 saturated heterocycles. The number of furan rings is 1. The zero-order chi connectivity index (χ0) is 22.9. The number of carbonyl (C=O) groups is 1. The standard InChI is InChI=1S/C23H22N2O5S2/c1-15(2)32(27,28)18-11-9-16(10-12-18)22(26)25(14-17-6-5-13-30-17)23-24-21-19(29-3)7-4-8-20(21)31-23/h4-13,15H,14H2,1-3H3. The summed E-state index contributed by atoms with van der Waals surface area (Å²) in [6, 6.07) is 15.1. The fourth-order valence-corrected chi connectivity index (χ4v) is 5.23. The number of aromatic nitrogens is 1. The average molecular weight is 471 g/mol. The van der Waals surface area contributed by atoms with Gasteiger partial charge >= 0.3 is 0 Å². The lowest BCUT2D eigenvalue weighted by Crippen LogP contribution is -2.30. The van der Waals surface area contributed by atoms with E-state index in [9.17, 15) is 13.2 Å². The van der Waals surface area contributed by atoms with Gasteiger partial charge in [0, 0.05) is 5.56 Å². The highest BCUT2D eigenvalue weighted by atomic mass is 32.2. The lowest BCUT2D eigenvalue weighted by atomic mass is 10.2. The molecule has 0 fully saturated rings. The van der Waals surface area contributed by atoms with Crippen molar-refractivity contribution in [1.82, 2.24) is 4.98 Å². The Balaban J connectivity index is 1.73. The molecule has 0 aliphatic carbocycles. The number of rotatable bonds is 7. The van der Waals surface area contributed by atoms with Gasteiger partial charge in [0.25, 0.3) is 5.91 Å². The number of fused-ring (bicyclic) bond motifs is 1. The Morgan fingerprint density at radius 3 is 2.50 bits per heavy atom. The number of methoxy groups -OCH3 is 1. The molecular formula is C23H22N2O5S2. The maximum absolute atomic E-state index is 13.5. The van der Waals surface area contributed by atoms with Crippen molar-refractivity contribution >= 4 is 42.4 Å². The summed E-state index contributed by atoms with van der Waals surface area (Å²) < 4.78 is 36.6. The van der Waals surface area contributed by atoms with Gasteiger partial charge in [0.05, 0.1) is 34.8 Å². The summed E-state index contributed by atoms with van der Waals surface area (Å²) in [6.07, 6.45) is 1.55. The Labute approximate surface area is 190 Å². The minimum Gasteiger partial charge on any atom is -0.494 e. The molecule has 4 aromatic rings. The molecular weight excluding hydrogens is 448 g/mol. The number of ether oxygens (including phenoxy) is 1. The van der Waals surface area contributed by atoms with Gasteiger partial charge in [0.15, 0.2) is 15.0 Å². The minimum atomic E-state index is -3.42. The molecule has 0 aliphatic rings. The third kappa shape index (κ3) is 4.13. The molecule has 2 aromatic carbocycles. The molecule has 0 bridgehead atoms. The summed E-state index contributed by atoms with van der Waals surface area (Å²) in [5.74, 6) is 0.912. The van der Waals surface area contributed by atoms with E-state index >= 15 is 0 Å². The van der Waals surface area contributed by atoms with E-state index in [-0.39, 0.29) is 17.3 Å². The van der Waals surface area contributed by atoms with Crippen LogP contribution in [0, 0.1) is 0 Å². The molecule has 32 heavy (non-hydrogen) atoms. The van der Waals surface area contributed by atoms with Crippen molar-refractivity contribution in [2.24, 2.45) is 0 Å². The molecule has 0 N–H and O–H groups in total. The van der Waals surface area contributed by atoms with Gasteiger partial charge in [-0.15, -0.1) is 0 Å². The van der Waals surface area contributed by atoms with Gasteiger partial charge in [0.2, 0.25) is 0 Å². The smallest absolute Gasteiger partial charge is 0.260 e. The van der Waals surface area contributed by atoms with Crippen LogP contribution in [0.25, 0.3) is 10.2 Å². The van der Waals surface area contributed by atoms with E-state index in [1.165, 1.54) is 40.5 Å². The fraction of sp³-hybridized carbons (Fsp3) is 0.217. The van der Waals surface area contributed by atoms with Crippen LogP contribution in [0.1, 0.15) is 30.0 Å². The Morgan fingerprint density at radius 1 is 1.12 bits per heavy atom. The number of benzene rings is 2. The molecule has 0 atom stereocenters. The lowest BCUT2D eigenvalue weighted by Gasteiger charge is -2.19. The predicted molar refractivity (Wildman–Crippen MR) is 124 cm³/mol. The van der Waals surface area contributed by atoms with Gasteiger partial charge in [-0.1, -0.05) is 17.4 Å². The Kier molecular flexibility index (Phi) is 6.03. The van der Waals surface area contributed by atoms with Crippen LogP contribution >= 0.6 is 11.3 Å². The molecule has 0 unspecified atom stereocenters. The summed E-state index contributed by atoms with van der Waals surface area (Å²) in [6.45, 7) is 3.43. The normalized spacial score (nSPS) is 11.8. The topological polar surface area (TPSA) is 89.7 Å². The maximum atomic E-state index is 13.5. The third-order valence-corrected chi connectivity index (χ3v) is 8.23. The summed E-state index contributed by atoms with van der Waals surface area (Å²) in [4.78, 5) is 19.8. The number of thiazole rings is 1. The number of para-hydroxylation sites is 1. The van der Waals surface area contributed by atoms with Crippen LogP contribution in [0.3, 0.4) is 0 Å². The van der Waals surface area contributed by atoms with Crippen molar-refractivity contribution < 1.29 is 22.4 Å². The number of hydrogen-bond acceptors (Lipinski definition) is 7. The van der Waals surface area contributed by atoms with Gasteiger partial charge < -0.3 is 9.15 Å². The van der Waals surface area contributed by atoms with Gasteiger partial charge in [0.1, 0.15) is 17.0 Å². The lowest BCUT2D eigenvalue weighted by molar-refractivity contribution is 0.0983. The van der Waals surface area contributed by atoms with Gasteiger partial charge in [-0.05, 0) is 62.4 Å². The van der Waals surface area contributed by atoms with E-state index in [2.05, 4.69) is 4.98 Å². The SMILES string of the molecule is COc1cccc2sc(N(Cc3ccco3)C(=O)c3ccc(S(=O)(=O)C(C)C)cc3)nc12. The van der Waals surface area contributed by atoms with E-state index in [0.29, 0.717) is 27.7 Å². The van der Waals surface area contributed by atoms with Crippen LogP contribution in [-0.2, 0) is 16.4 Å². The second kappa shape index (κ2) is 8.76. The summed E-state index contributed by atoms with van der Waals surface area (Å²) in [7, 11) is -1.85. The Morgan fingerprint density at radius 2 is 1.88 bits per heavy atom. The van der Waals surface area contributed by atoms with E-state index in [1.807, 2.05) is 18.2 Å². The van der Waals surface area contributed by atoms with E-state index < -0.39 is 15.1 Å². The summed E-state index contributed by atoms with van der Waals surface area (Å²) in [5, 5.41) is -0.0537. The van der Waals surface area contributed by atoms with E-state index in [0.717, 1.165) is 4.70 Å². The van der Waals surface area contributed by atoms with Gasteiger partial charge in [-0.3, -0.25) is 9.69 Å². The number of nitrogens with zero attached hydrogens (tertiary/aromatic N) is 2. The molecule has 1 amide bonds. The van der Waals surface area contributed by atoms with Crippen LogP contribution in [-0.4, -0.2) is 31.7 Å². The van der Waals surface area contributed by atoms with Gasteiger partial charge in [-0.25, -0.2) is 13.4 Å². The number of sulfone groups is 1. The largest absolute Gasteiger partial charge is 0.494 e. The number of hydrogen-bond donors (Lipinski definition) is 0. The minimum absolute atomic E-state index is 0.181. The molecule has 166 valence electrons. The molecule has 0 spiro atoms. The molecule has 2 heterocycles. The van der Waals surface area contributed by atoms with Crippen molar-refractivity contribution in [3.63, 3.8) is 0 Å². The van der Waals surface area contributed by atoms with Crippen molar-refractivity contribution in [2.45, 2.75) is 30.5 Å². The first-order valence-corrected chi connectivity index (χ1v) is 12.3. The van der Waals surface area contributed by atoms with Crippen LogP contribution in [0.2, 0.25) is 0 Å². The van der Waals surface area contributed by atoms with Crippen LogP contribution in [0.15, 0.2) is 70.2 Å². The number of carbonyl (C=O) groups excluding carboxylic acids is 1. The molecule has 0 radical (unpaired) electrons. The van der Waals surface area contributed by atoms with Crippen LogP contribution in [0.4, 0.5) is 5.13 Å². The first kappa shape index (κ1) is 22.0. The average Bonchev–Trinajstić information content (AvgIpc) is 3.46. The first-order valence-electron chi connectivity index (χ1n) is 9.93. The first-order chi connectivity index (χ1) is 15.3. The molecule has 0 saturated carbocycles. The highest BCUT2D eigenvalue weighted by Gasteiger charge is 2.25. The molecule has 2 aromatic heterocycles. The van der Waals surface area contributed by atoms with Crippen molar-refractivity contribution in [3.05, 3.63) is 72.2 Å². The summed E-state index contributed by atoms with van der Waals surface area (Å²) in [5.41, 5.74) is 1.02. The fourth-order valence-electron chi connectivity index (χ4n) is 3.19. The van der Waals surface area contributed by atoms with Crippen LogP contribution in [0.5, 0.6) is 5.75 Å². The molecule has 9 heteroatoms. The maximum Gasteiger partial charge on any atom is 0.260 e. The highest BCUT2D eigenvalue weighted by Crippen LogP contribution is 2.35. The zero-order valence-corrected chi connectivity index (χ0v) is 19.4. The third-order valence-electron chi connectivity index (χ3n) is 5.01. The predicted octanol–water partition coefficient (Wildman–Crippen LogP) is 4.93. The second-order valence-electron chi connectivity index (χ2n) is 7.39. The van der Waals surface area contributed by atoms with Gasteiger partial charge in [-0.2, -0.15) is 0 Å². The summed E-state index contributed by atoms with van der Waals surface area (Å²) >= 11 is 1.37. The van der Waals surface area contributed by atoms with Crippen molar-refractivity contribution in [3.8, 4) is 5.75 Å². The number of amides is 1. The monoisotopic (exact) mass is 470 g/mol. The molecule has 7 nitrogen and oxygen atoms in total. The van der Waals surface area contributed by atoms with E-state index in [1.54, 1.807) is 39.4 Å². The Hall–Kier alpha value is -3.17. The zero-order valence-electron chi connectivity index (χ0n) is 17.8.